The molecule has 0 aliphatic rings. The van der Waals surface area contributed by atoms with Crippen molar-refractivity contribution in [2.45, 2.75) is 6.92 Å². The van der Waals surface area contributed by atoms with Gasteiger partial charge in [0.25, 0.3) is 5.56 Å². The molecule has 0 radical (unpaired) electrons. The molecule has 0 saturated carbocycles. The first-order chi connectivity index (χ1) is 12.6. The molecule has 0 spiro atoms. The van der Waals surface area contributed by atoms with Crippen molar-refractivity contribution in [1.29, 1.82) is 0 Å². The third-order valence-corrected chi connectivity index (χ3v) is 5.89. The van der Waals surface area contributed by atoms with E-state index in [2.05, 4.69) is 57.5 Å². The summed E-state index contributed by atoms with van der Waals surface area (Å²) in [5.41, 5.74) is 4.59. The Bertz CT molecular complexity index is 1370. The number of halogens is 1. The SMILES string of the molecule is Cc1ccc(-c2csc3ncn4c(=O)c5cc(Br)ccc5nc4c23)cc1. The van der Waals surface area contributed by atoms with E-state index in [0.29, 0.717) is 16.6 Å². The lowest BCUT2D eigenvalue weighted by Crippen LogP contribution is -2.15. The van der Waals surface area contributed by atoms with Gasteiger partial charge in [0.05, 0.1) is 16.3 Å². The molecule has 26 heavy (non-hydrogen) atoms. The van der Waals surface area contributed by atoms with Gasteiger partial charge in [-0.05, 0) is 30.7 Å². The molecule has 0 unspecified atom stereocenters. The van der Waals surface area contributed by atoms with Crippen molar-refractivity contribution in [2.75, 3.05) is 0 Å². The van der Waals surface area contributed by atoms with Crippen molar-refractivity contribution in [1.82, 2.24) is 14.4 Å². The summed E-state index contributed by atoms with van der Waals surface area (Å²) in [5, 5.41) is 3.58. The second-order valence-electron chi connectivity index (χ2n) is 6.21. The maximum absolute atomic E-state index is 13.0. The molecular weight excluding hydrogens is 410 g/mol. The molecule has 3 heterocycles. The number of hydrogen-bond donors (Lipinski definition) is 0. The topological polar surface area (TPSA) is 47.3 Å². The summed E-state index contributed by atoms with van der Waals surface area (Å²) in [6.45, 7) is 2.07. The van der Waals surface area contributed by atoms with Gasteiger partial charge in [0.1, 0.15) is 11.2 Å². The zero-order valence-corrected chi connectivity index (χ0v) is 16.1. The number of aryl methyl sites for hydroxylation is 1. The average molecular weight is 422 g/mol. The average Bonchev–Trinajstić information content (AvgIpc) is 3.08. The first-order valence-electron chi connectivity index (χ1n) is 8.07. The van der Waals surface area contributed by atoms with Crippen LogP contribution in [-0.4, -0.2) is 14.4 Å². The molecule has 0 aliphatic heterocycles. The monoisotopic (exact) mass is 421 g/mol. The zero-order valence-electron chi connectivity index (χ0n) is 13.7. The largest absolute Gasteiger partial charge is 0.268 e. The van der Waals surface area contributed by atoms with E-state index < -0.39 is 0 Å². The Labute approximate surface area is 160 Å². The van der Waals surface area contributed by atoms with Crippen molar-refractivity contribution < 1.29 is 0 Å². The molecule has 6 heteroatoms. The number of fused-ring (bicyclic) bond motifs is 4. The molecule has 3 aromatic heterocycles. The minimum Gasteiger partial charge on any atom is -0.268 e. The van der Waals surface area contributed by atoms with Crippen molar-refractivity contribution in [3.05, 3.63) is 74.6 Å². The van der Waals surface area contributed by atoms with E-state index >= 15 is 0 Å². The highest BCUT2D eigenvalue weighted by Gasteiger charge is 2.15. The summed E-state index contributed by atoms with van der Waals surface area (Å²) in [5.74, 6) is 0. The summed E-state index contributed by atoms with van der Waals surface area (Å²) in [6.07, 6.45) is 1.57. The predicted octanol–water partition coefficient (Wildman–Crippen LogP) is 5.20. The molecule has 0 fully saturated rings. The maximum Gasteiger partial charge on any atom is 0.267 e. The number of benzene rings is 2. The van der Waals surface area contributed by atoms with E-state index in [1.54, 1.807) is 28.1 Å². The lowest BCUT2D eigenvalue weighted by atomic mass is 10.0. The zero-order chi connectivity index (χ0) is 17.8. The van der Waals surface area contributed by atoms with Gasteiger partial charge in [-0.15, -0.1) is 11.3 Å². The highest BCUT2D eigenvalue weighted by atomic mass is 79.9. The third-order valence-electron chi connectivity index (χ3n) is 4.51. The fourth-order valence-electron chi connectivity index (χ4n) is 3.17. The highest BCUT2D eigenvalue weighted by molar-refractivity contribution is 9.10. The van der Waals surface area contributed by atoms with Gasteiger partial charge in [-0.2, -0.15) is 0 Å². The molecule has 0 bridgehead atoms. The van der Waals surface area contributed by atoms with E-state index in [9.17, 15) is 4.79 Å². The number of hydrogen-bond acceptors (Lipinski definition) is 4. The van der Waals surface area contributed by atoms with Gasteiger partial charge in [-0.25, -0.2) is 14.4 Å². The van der Waals surface area contributed by atoms with Crippen LogP contribution in [-0.2, 0) is 0 Å². The minimum absolute atomic E-state index is 0.109. The Kier molecular flexibility index (Phi) is 3.45. The lowest BCUT2D eigenvalue weighted by Gasteiger charge is -2.06. The van der Waals surface area contributed by atoms with Crippen LogP contribution in [0.1, 0.15) is 5.56 Å². The summed E-state index contributed by atoms with van der Waals surface area (Å²) < 4.78 is 2.40. The molecule has 2 aromatic carbocycles. The van der Waals surface area contributed by atoms with Crippen molar-refractivity contribution in [2.24, 2.45) is 0 Å². The van der Waals surface area contributed by atoms with Crippen LogP contribution in [0.2, 0.25) is 0 Å². The van der Waals surface area contributed by atoms with Crippen molar-refractivity contribution in [3.8, 4) is 11.1 Å². The normalized spacial score (nSPS) is 11.6. The Morgan fingerprint density at radius 3 is 2.73 bits per heavy atom. The number of thiophene rings is 1. The molecule has 126 valence electrons. The second kappa shape index (κ2) is 5.72. The molecule has 0 N–H and O–H groups in total. The standard InChI is InChI=1S/C20H12BrN3OS/c1-11-2-4-12(5-3-11)15-9-26-19-17(15)18-23-16-7-6-13(21)8-14(16)20(25)24(18)10-22-19/h2-10H,1H3. The minimum atomic E-state index is -0.109. The summed E-state index contributed by atoms with van der Waals surface area (Å²) in [7, 11) is 0. The van der Waals surface area contributed by atoms with E-state index in [1.165, 1.54) is 5.56 Å². The van der Waals surface area contributed by atoms with Crippen molar-refractivity contribution >= 4 is 54.0 Å². The molecule has 5 rings (SSSR count). The van der Waals surface area contributed by atoms with Crippen molar-refractivity contribution in [3.63, 3.8) is 0 Å². The molecule has 5 aromatic rings. The number of aromatic nitrogens is 3. The van der Waals surface area contributed by atoms with Crippen LogP contribution in [0.15, 0.2) is 63.4 Å². The van der Waals surface area contributed by atoms with Gasteiger partial charge in [-0.3, -0.25) is 4.79 Å². The van der Waals surface area contributed by atoms with Gasteiger partial charge in [0, 0.05) is 15.4 Å². The molecule has 4 nitrogen and oxygen atoms in total. The molecular formula is C20H12BrN3OS. The summed E-state index contributed by atoms with van der Waals surface area (Å²) >= 11 is 4.99. The highest BCUT2D eigenvalue weighted by Crippen LogP contribution is 2.35. The van der Waals surface area contributed by atoms with Gasteiger partial charge < -0.3 is 0 Å². The van der Waals surface area contributed by atoms with Crippen LogP contribution in [0.4, 0.5) is 0 Å². The Hall–Kier alpha value is -2.57. The smallest absolute Gasteiger partial charge is 0.267 e. The Morgan fingerprint density at radius 1 is 1.12 bits per heavy atom. The fraction of sp³-hybridized carbons (Fsp3) is 0.0500. The molecule has 0 saturated heterocycles. The lowest BCUT2D eigenvalue weighted by molar-refractivity contribution is 1.04. The quantitative estimate of drug-likeness (QED) is 0.349. The van der Waals surface area contributed by atoms with E-state index in [0.717, 1.165) is 25.8 Å². The van der Waals surface area contributed by atoms with Crippen LogP contribution in [0, 0.1) is 6.92 Å². The van der Waals surface area contributed by atoms with Gasteiger partial charge in [0.15, 0.2) is 5.65 Å². The Balaban J connectivity index is 1.94. The maximum atomic E-state index is 13.0. The van der Waals surface area contributed by atoms with E-state index in [4.69, 9.17) is 4.98 Å². The second-order valence-corrected chi connectivity index (χ2v) is 7.99. The summed E-state index contributed by atoms with van der Waals surface area (Å²) in [4.78, 5) is 23.1. The predicted molar refractivity (Wildman–Crippen MR) is 110 cm³/mol. The first-order valence-corrected chi connectivity index (χ1v) is 9.74. The fourth-order valence-corrected chi connectivity index (χ4v) is 4.44. The number of rotatable bonds is 1. The third kappa shape index (κ3) is 2.29. The van der Waals surface area contributed by atoms with Gasteiger partial charge in [0.2, 0.25) is 0 Å². The van der Waals surface area contributed by atoms with Gasteiger partial charge >= 0.3 is 0 Å². The van der Waals surface area contributed by atoms with Crippen LogP contribution < -0.4 is 5.56 Å². The van der Waals surface area contributed by atoms with E-state index in [-0.39, 0.29) is 5.56 Å². The van der Waals surface area contributed by atoms with Crippen LogP contribution in [0.25, 0.3) is 37.9 Å². The van der Waals surface area contributed by atoms with Crippen LogP contribution >= 0.6 is 27.3 Å². The van der Waals surface area contributed by atoms with Crippen LogP contribution in [0.3, 0.4) is 0 Å². The first kappa shape index (κ1) is 15.7. The Morgan fingerprint density at radius 2 is 1.92 bits per heavy atom. The molecule has 0 aliphatic carbocycles. The molecule has 0 atom stereocenters. The summed E-state index contributed by atoms with van der Waals surface area (Å²) in [6, 6.07) is 13.9. The van der Waals surface area contributed by atoms with E-state index in [1.807, 2.05) is 12.1 Å². The molecule has 0 amide bonds. The van der Waals surface area contributed by atoms with Crippen LogP contribution in [0.5, 0.6) is 0 Å². The number of nitrogens with zero attached hydrogens (tertiary/aromatic N) is 3. The van der Waals surface area contributed by atoms with Gasteiger partial charge in [-0.1, -0.05) is 45.8 Å².